The van der Waals surface area contributed by atoms with Gasteiger partial charge in [-0.1, -0.05) is 13.8 Å². The predicted octanol–water partition coefficient (Wildman–Crippen LogP) is -3.12. The number of aliphatic hydroxyl groups excluding tert-OH is 3. The van der Waals surface area contributed by atoms with Crippen LogP contribution in [0, 0.1) is 17.8 Å². The van der Waals surface area contributed by atoms with Gasteiger partial charge >= 0.3 is 29.0 Å². The highest BCUT2D eigenvalue weighted by Crippen LogP contribution is 2.68. The van der Waals surface area contributed by atoms with Crippen molar-refractivity contribution in [3.63, 3.8) is 0 Å². The lowest BCUT2D eigenvalue weighted by atomic mass is 9.90. The summed E-state index contributed by atoms with van der Waals surface area (Å²) in [6, 6.07) is 0. The van der Waals surface area contributed by atoms with Gasteiger partial charge in [0, 0.05) is 18.9 Å². The summed E-state index contributed by atoms with van der Waals surface area (Å²) < 4.78 is 106. The van der Waals surface area contributed by atoms with E-state index in [0.29, 0.717) is 0 Å². The maximum Gasteiger partial charge on any atom is 0.490 e. The Bertz CT molecular complexity index is 3520. The molecule has 16 atom stereocenters. The summed E-state index contributed by atoms with van der Waals surface area (Å²) in [4.78, 5) is 100. The SMILES string of the molecule is COC[C@H]1[C@@H](O)[C@H](n2c[n+](C)c3c(=O)[nH]c(N)nc32)O[C@@H]1COP(=O)(O)OP(=O)(O)OP(=O)(O)OCC1O[C@@H](n2cnc3c(N)ncnc32)[C@H](C(C)C)[C@@H]1P(=O)([O-])OC[C@H]1O[C@@H](n2cnc3c(=O)[nH]c(N)nc32)[C@H](O)[C@@H]1O. The highest BCUT2D eigenvalue weighted by molar-refractivity contribution is 7.66. The van der Waals surface area contributed by atoms with Crippen molar-refractivity contribution in [2.45, 2.75) is 74.8 Å². The summed E-state index contributed by atoms with van der Waals surface area (Å²) in [6.45, 7) is -0.243. The molecule has 5 unspecified atom stereocenters. The number of rotatable bonds is 20. The number of nitrogen functional groups attached to an aromatic ring is 3. The van der Waals surface area contributed by atoms with Crippen LogP contribution in [-0.2, 0) is 66.4 Å². The van der Waals surface area contributed by atoms with Crippen molar-refractivity contribution in [3.8, 4) is 0 Å². The van der Waals surface area contributed by atoms with Gasteiger partial charge in [-0.3, -0.25) is 37.7 Å². The van der Waals surface area contributed by atoms with E-state index >= 15 is 0 Å². The number of H-pyrrole nitrogens is 2. The van der Waals surface area contributed by atoms with Gasteiger partial charge in [0.1, 0.15) is 50.1 Å². The van der Waals surface area contributed by atoms with Crippen molar-refractivity contribution in [2.24, 2.45) is 24.8 Å². The number of ether oxygens (including phenoxy) is 4. The Balaban J connectivity index is 0.900. The van der Waals surface area contributed by atoms with Crippen LogP contribution in [-0.4, -0.2) is 159 Å². The number of nitrogens with one attached hydrogen (secondary N) is 2. The molecule has 41 heteroatoms. The van der Waals surface area contributed by atoms with E-state index in [1.165, 1.54) is 40.5 Å². The lowest BCUT2D eigenvalue weighted by Gasteiger charge is -2.37. The number of aliphatic hydroxyl groups is 3. The lowest BCUT2D eigenvalue weighted by Crippen LogP contribution is -2.39. The summed E-state index contributed by atoms with van der Waals surface area (Å²) in [7, 11) is -20.6. The molecule has 37 nitrogen and oxygen atoms in total. The highest BCUT2D eigenvalue weighted by atomic mass is 31.3. The number of aromatic nitrogens is 12. The Hall–Kier alpha value is -5.07. The van der Waals surface area contributed by atoms with Gasteiger partial charge in [0.25, 0.3) is 16.7 Å². The molecule has 3 aliphatic heterocycles. The molecule has 6 aromatic heterocycles. The number of phosphoric acid groups is 3. The Morgan fingerprint density at radius 2 is 1.26 bits per heavy atom. The first-order chi connectivity index (χ1) is 36.1. The second-order valence-electron chi connectivity index (χ2n) is 18.2. The normalized spacial score (nSPS) is 30.1. The van der Waals surface area contributed by atoms with E-state index in [1.54, 1.807) is 13.8 Å². The van der Waals surface area contributed by atoms with Gasteiger partial charge in [-0.15, -0.1) is 0 Å². The lowest BCUT2D eigenvalue weighted by molar-refractivity contribution is -0.646. The molecular formula is C36H51N15O22P4. The van der Waals surface area contributed by atoms with E-state index in [0.717, 1.165) is 17.2 Å². The highest BCUT2D eigenvalue weighted by Gasteiger charge is 2.55. The fourth-order valence-corrected chi connectivity index (χ4v) is 15.1. The van der Waals surface area contributed by atoms with Gasteiger partial charge in [0.15, 0.2) is 28.9 Å². The van der Waals surface area contributed by atoms with Crippen molar-refractivity contribution >= 4 is 82.3 Å². The van der Waals surface area contributed by atoms with Crippen LogP contribution in [0.25, 0.3) is 33.5 Å². The van der Waals surface area contributed by atoms with Gasteiger partial charge < -0.3 is 80.1 Å². The molecule has 0 aliphatic carbocycles. The monoisotopic (exact) mass is 1170 g/mol. The number of hydrogen-bond donors (Lipinski definition) is 11. The molecule has 0 amide bonds. The molecule has 3 saturated heterocycles. The quantitative estimate of drug-likeness (QED) is 0.0266. The Morgan fingerprint density at radius 1 is 0.701 bits per heavy atom. The van der Waals surface area contributed by atoms with Crippen molar-refractivity contribution in [1.29, 1.82) is 0 Å². The molecule has 0 spiro atoms. The summed E-state index contributed by atoms with van der Waals surface area (Å²) in [6.07, 6.45) is -9.32. The fraction of sp³-hybridized carbons (Fsp3) is 0.583. The maximum atomic E-state index is 14.5. The van der Waals surface area contributed by atoms with Crippen molar-refractivity contribution in [3.05, 3.63) is 46.0 Å². The number of aromatic amines is 2. The van der Waals surface area contributed by atoms with E-state index in [9.17, 15) is 62.7 Å². The Kier molecular flexibility index (Phi) is 15.6. The zero-order chi connectivity index (χ0) is 55.8. The van der Waals surface area contributed by atoms with Gasteiger partial charge in [0.2, 0.25) is 24.5 Å². The van der Waals surface area contributed by atoms with E-state index in [2.05, 4.69) is 48.5 Å². The van der Waals surface area contributed by atoms with E-state index in [-0.39, 0.29) is 57.8 Å². The minimum atomic E-state index is -6.19. The number of fused-ring (bicyclic) bond motifs is 3. The molecule has 9 rings (SSSR count). The third kappa shape index (κ3) is 11.1. The molecule has 0 bridgehead atoms. The minimum Gasteiger partial charge on any atom is -0.778 e. The summed E-state index contributed by atoms with van der Waals surface area (Å²) >= 11 is 0. The number of nitrogens with two attached hydrogens (primary N) is 3. The number of nitrogens with zero attached hydrogens (tertiary/aromatic N) is 10. The number of hydrogen-bond acceptors (Lipinski definition) is 28. The van der Waals surface area contributed by atoms with Crippen LogP contribution >= 0.6 is 31.1 Å². The van der Waals surface area contributed by atoms with E-state index in [4.69, 9.17) is 49.7 Å². The van der Waals surface area contributed by atoms with Gasteiger partial charge in [-0.2, -0.15) is 23.2 Å². The average Bonchev–Trinajstić information content (AvgIpc) is 4.25. The zero-order valence-electron chi connectivity index (χ0n) is 40.4. The molecule has 422 valence electrons. The third-order valence-electron chi connectivity index (χ3n) is 12.9. The number of aryl methyl sites for hydroxylation is 1. The molecule has 3 fully saturated rings. The number of methoxy groups -OCH3 is 1. The molecular weight excluding hydrogens is 1120 g/mol. The molecule has 0 aromatic carbocycles. The van der Waals surface area contributed by atoms with Crippen molar-refractivity contribution in [1.82, 2.24) is 53.6 Å². The second kappa shape index (κ2) is 21.2. The number of imidazole rings is 3. The van der Waals surface area contributed by atoms with Crippen LogP contribution in [0.5, 0.6) is 0 Å². The molecule has 14 N–H and O–H groups in total. The maximum absolute atomic E-state index is 14.5. The van der Waals surface area contributed by atoms with Gasteiger partial charge in [0.05, 0.1) is 64.0 Å². The third-order valence-corrected chi connectivity index (χ3v) is 19.0. The first-order valence-electron chi connectivity index (χ1n) is 22.7. The summed E-state index contributed by atoms with van der Waals surface area (Å²) in [5.41, 5.74) is 14.0. The summed E-state index contributed by atoms with van der Waals surface area (Å²) in [5.74, 6) is -3.55. The molecule has 77 heavy (non-hydrogen) atoms. The molecule has 3 aliphatic rings. The first kappa shape index (κ1) is 56.6. The topological polar surface area (TPSA) is 536 Å². The van der Waals surface area contributed by atoms with E-state index in [1.807, 2.05) is 0 Å². The molecule has 0 saturated carbocycles. The van der Waals surface area contributed by atoms with E-state index < -0.39 is 141 Å². The van der Waals surface area contributed by atoms with Crippen LogP contribution in [0.1, 0.15) is 32.5 Å². The van der Waals surface area contributed by atoms with Crippen molar-refractivity contribution in [2.75, 3.05) is 50.7 Å². The first-order valence-corrected chi connectivity index (χ1v) is 28.8. The minimum absolute atomic E-state index is 0.0169. The van der Waals surface area contributed by atoms with Crippen LogP contribution in [0.4, 0.5) is 17.7 Å². The second-order valence-corrected chi connectivity index (χ2v) is 24.8. The standard InChI is InChI=1S/C36H51N15O22P4/c1-13(2)18-25(74(57,58)66-7-16-23(53)24(54)34(70-16)50-11-43-20-28(50)44-35(38)46-30(20)55)17(71-32(18)49-10-42-19-26(37)40-9-41-27(19)49)8-68-76(61,62)73-77(63,64)72-75(59,60)67-6-15-14(5-65-4)22(52)33(69-15)51-12-48(3)21-29(51)45-36(39)47-31(21)56/h9-18,22-25,32-34,52-54H,5-8H2,1-4H3,(H11-,37,38,39,40,41,44,45,46,47,55,56,57,58,59,60,61,62,63,64)/t14-,15-,16-,17?,18-,22-,23-,24-,25-,32-,33-,34-/m1/s1. The van der Waals surface area contributed by atoms with Crippen molar-refractivity contribution < 1.29 is 98.9 Å². The predicted molar refractivity (Wildman–Crippen MR) is 253 cm³/mol. The van der Waals surface area contributed by atoms with Gasteiger partial charge in [-0.25, -0.2) is 38.2 Å². The van der Waals surface area contributed by atoms with Gasteiger partial charge in [-0.05, 0) is 5.92 Å². The largest absolute Gasteiger partial charge is 0.778 e. The molecule has 6 aromatic rings. The number of phosphoric ester groups is 2. The summed E-state index contributed by atoms with van der Waals surface area (Å²) in [5, 5.41) is 33.3. The average molecular weight is 1170 g/mol. The number of anilines is 3. The fourth-order valence-electron chi connectivity index (χ4n) is 9.54. The molecule has 9 heterocycles. The van der Waals surface area contributed by atoms with Crippen LogP contribution < -0.4 is 37.8 Å². The van der Waals surface area contributed by atoms with Crippen LogP contribution in [0.3, 0.4) is 0 Å². The van der Waals surface area contributed by atoms with Crippen LogP contribution in [0.2, 0.25) is 0 Å². The Labute approximate surface area is 430 Å². The zero-order valence-corrected chi connectivity index (χ0v) is 43.9. The molecule has 0 radical (unpaired) electrons. The van der Waals surface area contributed by atoms with Crippen LogP contribution in [0.15, 0.2) is 34.9 Å². The Morgan fingerprint density at radius 3 is 1.91 bits per heavy atom. The smallest absolute Gasteiger partial charge is 0.490 e.